The lowest BCUT2D eigenvalue weighted by atomic mass is 9.94. The van der Waals surface area contributed by atoms with Crippen LogP contribution in [0.15, 0.2) is 47.8 Å². The topological polar surface area (TPSA) is 106 Å². The van der Waals surface area contributed by atoms with E-state index in [2.05, 4.69) is 15.4 Å². The van der Waals surface area contributed by atoms with Crippen LogP contribution in [0.1, 0.15) is 23.5 Å². The third kappa shape index (κ3) is 3.67. The third-order valence-corrected chi connectivity index (χ3v) is 5.39. The lowest BCUT2D eigenvalue weighted by Crippen LogP contribution is -2.50. The normalized spacial score (nSPS) is 18.9. The second kappa shape index (κ2) is 7.53. The van der Waals surface area contributed by atoms with Gasteiger partial charge in [0.25, 0.3) is 5.91 Å². The molecule has 9 heteroatoms. The predicted molar refractivity (Wildman–Crippen MR) is 103 cm³/mol. The lowest BCUT2D eigenvalue weighted by Gasteiger charge is -2.26. The highest BCUT2D eigenvalue weighted by Gasteiger charge is 2.39. The van der Waals surface area contributed by atoms with Crippen molar-refractivity contribution in [1.29, 1.82) is 0 Å². The number of aromatic nitrogens is 3. The molecule has 1 aromatic carbocycles. The minimum atomic E-state index is -0.993. The molecule has 0 aliphatic carbocycles. The van der Waals surface area contributed by atoms with E-state index in [1.165, 1.54) is 11.3 Å². The first-order chi connectivity index (χ1) is 13.6. The number of nitrogens with one attached hydrogen (secondary N) is 1. The van der Waals surface area contributed by atoms with Crippen molar-refractivity contribution in [2.75, 3.05) is 13.2 Å². The summed E-state index contributed by atoms with van der Waals surface area (Å²) in [6.07, 6.45) is 0.220. The quantitative estimate of drug-likeness (QED) is 0.660. The van der Waals surface area contributed by atoms with Crippen LogP contribution < -0.4 is 5.32 Å². The van der Waals surface area contributed by atoms with Crippen molar-refractivity contribution in [2.45, 2.75) is 18.4 Å². The summed E-state index contributed by atoms with van der Waals surface area (Å²) in [7, 11) is 0. The highest BCUT2D eigenvalue weighted by Crippen LogP contribution is 2.27. The molecule has 2 aromatic heterocycles. The standard InChI is InChI=1S/C19H18N4O4S/c24-15(25)11-19(8-9-27-12-19)21-18(26)16-20-17(14-7-4-10-28-14)23(22-16)13-5-2-1-3-6-13/h1-7,10H,8-9,11-12H2,(H,21,26)(H,24,25). The molecule has 0 radical (unpaired) electrons. The molecular weight excluding hydrogens is 380 g/mol. The Hall–Kier alpha value is -3.04. The fourth-order valence-corrected chi connectivity index (χ4v) is 3.90. The molecule has 1 amide bonds. The van der Waals surface area contributed by atoms with Gasteiger partial charge >= 0.3 is 5.97 Å². The third-order valence-electron chi connectivity index (χ3n) is 4.52. The molecule has 1 saturated heterocycles. The molecule has 0 saturated carbocycles. The zero-order valence-corrected chi connectivity index (χ0v) is 15.7. The van der Waals surface area contributed by atoms with Crippen LogP contribution in [0.3, 0.4) is 0 Å². The molecule has 4 rings (SSSR count). The number of para-hydroxylation sites is 1. The SMILES string of the molecule is O=C(O)CC1(NC(=O)c2nc(-c3cccs3)n(-c3ccccc3)n2)CCOC1. The van der Waals surface area contributed by atoms with Gasteiger partial charge in [0.15, 0.2) is 5.82 Å². The first kappa shape index (κ1) is 18.3. The van der Waals surface area contributed by atoms with Gasteiger partial charge in [0.1, 0.15) is 0 Å². The second-order valence-electron chi connectivity index (χ2n) is 6.59. The molecule has 0 spiro atoms. The summed E-state index contributed by atoms with van der Waals surface area (Å²) in [6.45, 7) is 0.558. The molecule has 0 bridgehead atoms. The van der Waals surface area contributed by atoms with Crippen LogP contribution in [0.5, 0.6) is 0 Å². The number of carbonyl (C=O) groups excluding carboxylic acids is 1. The summed E-state index contributed by atoms with van der Waals surface area (Å²) in [5.74, 6) is -0.961. The summed E-state index contributed by atoms with van der Waals surface area (Å²) in [4.78, 5) is 29.4. The number of amides is 1. The molecule has 3 aromatic rings. The van der Waals surface area contributed by atoms with Gasteiger partial charge in [-0.1, -0.05) is 24.3 Å². The summed E-state index contributed by atoms with van der Waals surface area (Å²) in [5.41, 5.74) is -0.161. The van der Waals surface area contributed by atoms with E-state index in [0.717, 1.165) is 10.6 Å². The van der Waals surface area contributed by atoms with E-state index in [0.29, 0.717) is 18.9 Å². The number of carboxylic acids is 1. The van der Waals surface area contributed by atoms with E-state index in [4.69, 9.17) is 4.74 Å². The lowest BCUT2D eigenvalue weighted by molar-refractivity contribution is -0.138. The van der Waals surface area contributed by atoms with E-state index in [9.17, 15) is 14.7 Å². The number of nitrogens with zero attached hydrogens (tertiary/aromatic N) is 3. The molecular formula is C19H18N4O4S. The minimum absolute atomic E-state index is 0.0103. The van der Waals surface area contributed by atoms with Crippen LogP contribution >= 0.6 is 11.3 Å². The van der Waals surface area contributed by atoms with Gasteiger partial charge in [-0.2, -0.15) is 0 Å². The van der Waals surface area contributed by atoms with E-state index < -0.39 is 17.4 Å². The maximum atomic E-state index is 12.9. The van der Waals surface area contributed by atoms with Crippen LogP contribution in [-0.4, -0.2) is 50.5 Å². The van der Waals surface area contributed by atoms with Crippen LogP contribution in [-0.2, 0) is 9.53 Å². The Bertz CT molecular complexity index is 979. The summed E-state index contributed by atoms with van der Waals surface area (Å²) >= 11 is 1.50. The van der Waals surface area contributed by atoms with Gasteiger partial charge in [-0.25, -0.2) is 9.67 Å². The molecule has 28 heavy (non-hydrogen) atoms. The molecule has 2 N–H and O–H groups in total. The van der Waals surface area contributed by atoms with Gasteiger partial charge in [0, 0.05) is 6.61 Å². The Kier molecular flexibility index (Phi) is 4.93. The van der Waals surface area contributed by atoms with E-state index in [1.54, 1.807) is 4.68 Å². The molecule has 8 nitrogen and oxygen atoms in total. The minimum Gasteiger partial charge on any atom is -0.481 e. The van der Waals surface area contributed by atoms with Crippen LogP contribution in [0.25, 0.3) is 16.4 Å². The van der Waals surface area contributed by atoms with Gasteiger partial charge in [-0.15, -0.1) is 16.4 Å². The maximum Gasteiger partial charge on any atom is 0.305 e. The van der Waals surface area contributed by atoms with Gasteiger partial charge < -0.3 is 15.2 Å². The Morgan fingerprint density at radius 3 is 2.71 bits per heavy atom. The number of hydrogen-bond donors (Lipinski definition) is 2. The van der Waals surface area contributed by atoms with Crippen molar-refractivity contribution in [1.82, 2.24) is 20.1 Å². The van der Waals surface area contributed by atoms with Gasteiger partial charge in [0.2, 0.25) is 5.82 Å². The van der Waals surface area contributed by atoms with Gasteiger partial charge in [-0.05, 0) is 30.0 Å². The number of carbonyl (C=O) groups is 2. The highest BCUT2D eigenvalue weighted by atomic mass is 32.1. The number of rotatable bonds is 6. The smallest absolute Gasteiger partial charge is 0.305 e. The Balaban J connectivity index is 1.68. The van der Waals surface area contributed by atoms with Gasteiger partial charge in [0.05, 0.1) is 29.1 Å². The largest absolute Gasteiger partial charge is 0.481 e. The average molecular weight is 398 g/mol. The monoisotopic (exact) mass is 398 g/mol. The second-order valence-corrected chi connectivity index (χ2v) is 7.54. The predicted octanol–water partition coefficient (Wildman–Crippen LogP) is 2.36. The zero-order valence-electron chi connectivity index (χ0n) is 14.9. The molecule has 1 unspecified atom stereocenters. The number of carboxylic acid groups (broad SMARTS) is 1. The number of thiophene rings is 1. The van der Waals surface area contributed by atoms with Crippen LogP contribution in [0, 0.1) is 0 Å². The zero-order chi connectivity index (χ0) is 19.6. The van der Waals surface area contributed by atoms with E-state index in [1.807, 2.05) is 47.8 Å². The highest BCUT2D eigenvalue weighted by molar-refractivity contribution is 7.13. The fraction of sp³-hybridized carbons (Fsp3) is 0.263. The van der Waals surface area contributed by atoms with Crippen molar-refractivity contribution in [3.05, 3.63) is 53.7 Å². The Morgan fingerprint density at radius 1 is 1.25 bits per heavy atom. The van der Waals surface area contributed by atoms with Crippen molar-refractivity contribution in [3.8, 4) is 16.4 Å². The van der Waals surface area contributed by atoms with Crippen molar-refractivity contribution < 1.29 is 19.4 Å². The van der Waals surface area contributed by atoms with Crippen LogP contribution in [0.2, 0.25) is 0 Å². The molecule has 1 aliphatic heterocycles. The first-order valence-electron chi connectivity index (χ1n) is 8.75. The average Bonchev–Trinajstić information content (AvgIpc) is 3.42. The van der Waals surface area contributed by atoms with E-state index >= 15 is 0 Å². The fourth-order valence-electron chi connectivity index (χ4n) is 3.20. The summed E-state index contributed by atoms with van der Waals surface area (Å²) in [5, 5.41) is 18.3. The van der Waals surface area contributed by atoms with Gasteiger partial charge in [-0.3, -0.25) is 9.59 Å². The molecule has 1 atom stereocenters. The van der Waals surface area contributed by atoms with E-state index in [-0.39, 0.29) is 18.9 Å². The molecule has 3 heterocycles. The maximum absolute atomic E-state index is 12.9. The molecule has 144 valence electrons. The van der Waals surface area contributed by atoms with Crippen LogP contribution in [0.4, 0.5) is 0 Å². The van der Waals surface area contributed by atoms with Crippen molar-refractivity contribution in [3.63, 3.8) is 0 Å². The Morgan fingerprint density at radius 2 is 2.07 bits per heavy atom. The summed E-state index contributed by atoms with van der Waals surface area (Å²) < 4.78 is 6.95. The first-order valence-corrected chi connectivity index (χ1v) is 9.63. The van der Waals surface area contributed by atoms with Crippen molar-refractivity contribution in [2.24, 2.45) is 0 Å². The number of ether oxygens (including phenoxy) is 1. The number of aliphatic carboxylic acids is 1. The summed E-state index contributed by atoms with van der Waals surface area (Å²) in [6, 6.07) is 13.2. The molecule has 1 fully saturated rings. The van der Waals surface area contributed by atoms with Crippen molar-refractivity contribution >= 4 is 23.2 Å². The molecule has 1 aliphatic rings. The number of benzene rings is 1. The Labute approximate surface area is 164 Å². The number of hydrogen-bond acceptors (Lipinski definition) is 6.